The fraction of sp³-hybridized carbons (Fsp3) is 0.571. The number of nitrogens with one attached hydrogen (secondary N) is 1. The third-order valence-corrected chi connectivity index (χ3v) is 5.72. The number of amides is 2. The Kier molecular flexibility index (Phi) is 4.89. The molecule has 0 spiro atoms. The van der Waals surface area contributed by atoms with Crippen LogP contribution >= 0.6 is 0 Å². The van der Waals surface area contributed by atoms with Gasteiger partial charge in [0.2, 0.25) is 11.8 Å². The average molecular weight is 404 g/mol. The molecule has 2 heterocycles. The van der Waals surface area contributed by atoms with E-state index in [1.807, 2.05) is 13.8 Å². The molecule has 2 amide bonds. The number of hydrogen-bond acceptors (Lipinski definition) is 6. The second-order valence-corrected chi connectivity index (χ2v) is 9.47. The van der Waals surface area contributed by atoms with Gasteiger partial charge in [-0.3, -0.25) is 24.6 Å². The van der Waals surface area contributed by atoms with Gasteiger partial charge >= 0.3 is 5.97 Å². The highest BCUT2D eigenvalue weighted by Crippen LogP contribution is 2.52. The topological polar surface area (TPSA) is 127 Å². The Hall–Kier alpha value is -2.61. The largest absolute Gasteiger partial charge is 0.508 e. The van der Waals surface area contributed by atoms with Crippen LogP contribution in [0.3, 0.4) is 0 Å². The molecule has 2 aliphatic heterocycles. The predicted octanol–water partition coefficient (Wildman–Crippen LogP) is 2.01. The minimum Gasteiger partial charge on any atom is -0.508 e. The third-order valence-electron chi connectivity index (χ3n) is 5.72. The maximum absolute atomic E-state index is 13.4. The van der Waals surface area contributed by atoms with Crippen molar-refractivity contribution in [2.45, 2.75) is 58.2 Å². The van der Waals surface area contributed by atoms with Crippen molar-refractivity contribution in [1.82, 2.24) is 10.2 Å². The Morgan fingerprint density at radius 1 is 1.14 bits per heavy atom. The molecule has 29 heavy (non-hydrogen) atoms. The Morgan fingerprint density at radius 2 is 1.69 bits per heavy atom. The van der Waals surface area contributed by atoms with Gasteiger partial charge in [-0.05, 0) is 50.8 Å². The molecule has 8 heteroatoms. The van der Waals surface area contributed by atoms with E-state index in [1.165, 1.54) is 12.1 Å². The lowest BCUT2D eigenvalue weighted by atomic mass is 9.75. The van der Waals surface area contributed by atoms with Gasteiger partial charge in [-0.1, -0.05) is 13.8 Å². The lowest BCUT2D eigenvalue weighted by Gasteiger charge is -2.36. The van der Waals surface area contributed by atoms with Crippen LogP contribution in [0.5, 0.6) is 11.5 Å². The van der Waals surface area contributed by atoms with E-state index in [9.17, 15) is 29.7 Å². The number of imide groups is 1. The van der Waals surface area contributed by atoms with Crippen molar-refractivity contribution >= 4 is 17.8 Å². The molecule has 2 fully saturated rings. The number of hydrogen-bond donors (Lipinski definition) is 4. The summed E-state index contributed by atoms with van der Waals surface area (Å²) in [4.78, 5) is 40.3. The number of aromatic hydroxyl groups is 2. The summed E-state index contributed by atoms with van der Waals surface area (Å²) in [7, 11) is 0. The molecule has 4 N–H and O–H groups in total. The molecule has 4 unspecified atom stereocenters. The number of nitrogens with zero attached hydrogens (tertiary/aromatic N) is 1. The molecule has 0 bridgehead atoms. The van der Waals surface area contributed by atoms with Crippen LogP contribution in [0, 0.1) is 17.8 Å². The quantitative estimate of drug-likeness (QED) is 0.565. The zero-order valence-electron chi connectivity index (χ0n) is 17.3. The van der Waals surface area contributed by atoms with Gasteiger partial charge in [0.05, 0.1) is 11.8 Å². The van der Waals surface area contributed by atoms with Gasteiger partial charge < -0.3 is 15.3 Å². The van der Waals surface area contributed by atoms with Gasteiger partial charge in [0.1, 0.15) is 17.0 Å². The second-order valence-electron chi connectivity index (χ2n) is 9.47. The standard InChI is InChI=1S/C21H28N2O6/c1-10(2)9-21(19(28)29)15-14(17(26)23(18(15)27)20(3,4)5)16(22-21)11-6-12(24)8-13(25)7-11/h6-8,10,14-16,22,24-25H,9H2,1-5H3,(H,28,29). The van der Waals surface area contributed by atoms with E-state index in [-0.39, 0.29) is 23.8 Å². The normalized spacial score (nSPS) is 29.6. The van der Waals surface area contributed by atoms with E-state index >= 15 is 0 Å². The first-order valence-corrected chi connectivity index (χ1v) is 9.71. The average Bonchev–Trinajstić information content (AvgIpc) is 3.01. The van der Waals surface area contributed by atoms with Crippen LogP contribution in [0.25, 0.3) is 0 Å². The van der Waals surface area contributed by atoms with Crippen LogP contribution in [0.2, 0.25) is 0 Å². The van der Waals surface area contributed by atoms with Gasteiger partial charge in [-0.15, -0.1) is 0 Å². The van der Waals surface area contributed by atoms with Crippen LogP contribution < -0.4 is 5.32 Å². The molecule has 158 valence electrons. The smallest absolute Gasteiger partial charge is 0.324 e. The second kappa shape index (κ2) is 6.73. The van der Waals surface area contributed by atoms with Crippen molar-refractivity contribution in [2.75, 3.05) is 0 Å². The molecule has 4 atom stereocenters. The molecule has 0 radical (unpaired) electrons. The fourth-order valence-corrected chi connectivity index (χ4v) is 4.86. The predicted molar refractivity (Wildman–Crippen MR) is 104 cm³/mol. The number of carboxylic acid groups (broad SMARTS) is 1. The summed E-state index contributed by atoms with van der Waals surface area (Å²) < 4.78 is 0. The lowest BCUT2D eigenvalue weighted by molar-refractivity contribution is -0.154. The summed E-state index contributed by atoms with van der Waals surface area (Å²) >= 11 is 0. The Bertz CT molecular complexity index is 854. The first kappa shape index (κ1) is 21.1. The first-order valence-electron chi connectivity index (χ1n) is 9.71. The van der Waals surface area contributed by atoms with E-state index in [1.54, 1.807) is 20.8 Å². The van der Waals surface area contributed by atoms with Crippen LogP contribution in [0.4, 0.5) is 0 Å². The SMILES string of the molecule is CC(C)CC1(C(=O)O)NC(c2cc(O)cc(O)c2)C2C(=O)N(C(C)(C)C)C(=O)C21. The lowest BCUT2D eigenvalue weighted by Crippen LogP contribution is -2.58. The molecular weight excluding hydrogens is 376 g/mol. The van der Waals surface area contributed by atoms with E-state index in [2.05, 4.69) is 5.32 Å². The van der Waals surface area contributed by atoms with Gasteiger partial charge in [-0.25, -0.2) is 0 Å². The molecule has 2 aliphatic rings. The number of phenols is 2. The summed E-state index contributed by atoms with van der Waals surface area (Å²) in [6.45, 7) is 8.92. The maximum Gasteiger partial charge on any atom is 0.324 e. The Labute approximate surface area is 169 Å². The van der Waals surface area contributed by atoms with E-state index in [0.29, 0.717) is 5.56 Å². The maximum atomic E-state index is 13.4. The van der Waals surface area contributed by atoms with E-state index in [0.717, 1.165) is 11.0 Å². The number of rotatable bonds is 4. The zero-order valence-corrected chi connectivity index (χ0v) is 17.3. The highest BCUT2D eigenvalue weighted by molar-refractivity contribution is 6.10. The molecule has 2 saturated heterocycles. The zero-order chi connectivity index (χ0) is 21.9. The van der Waals surface area contributed by atoms with Gasteiger partial charge in [0.15, 0.2) is 0 Å². The number of fused-ring (bicyclic) bond motifs is 1. The molecule has 0 aliphatic carbocycles. The van der Waals surface area contributed by atoms with E-state index < -0.39 is 46.7 Å². The summed E-state index contributed by atoms with van der Waals surface area (Å²) in [5, 5.41) is 33.1. The van der Waals surface area contributed by atoms with Crippen LogP contribution in [-0.4, -0.2) is 49.1 Å². The van der Waals surface area contributed by atoms with Crippen molar-refractivity contribution in [3.63, 3.8) is 0 Å². The fourth-order valence-electron chi connectivity index (χ4n) is 4.86. The van der Waals surface area contributed by atoms with Crippen molar-refractivity contribution in [2.24, 2.45) is 17.8 Å². The number of carbonyl (C=O) groups excluding carboxylic acids is 2. The summed E-state index contributed by atoms with van der Waals surface area (Å²) in [6.07, 6.45) is 0.155. The number of likely N-dealkylation sites (tertiary alicyclic amines) is 1. The van der Waals surface area contributed by atoms with Crippen molar-refractivity contribution in [3.05, 3.63) is 23.8 Å². The molecule has 0 aromatic heterocycles. The van der Waals surface area contributed by atoms with Gasteiger partial charge in [-0.2, -0.15) is 0 Å². The molecule has 8 nitrogen and oxygen atoms in total. The van der Waals surface area contributed by atoms with Crippen LogP contribution in [0.15, 0.2) is 18.2 Å². The number of benzene rings is 1. The Balaban J connectivity index is 2.21. The summed E-state index contributed by atoms with van der Waals surface area (Å²) in [5.41, 5.74) is -2.06. The number of carboxylic acids is 1. The molecule has 1 aromatic carbocycles. The number of aliphatic carboxylic acids is 1. The first-order chi connectivity index (χ1) is 13.3. The minimum atomic E-state index is -1.63. The molecule has 1 aromatic rings. The number of carbonyl (C=O) groups is 3. The Morgan fingerprint density at radius 3 is 2.14 bits per heavy atom. The van der Waals surface area contributed by atoms with Crippen LogP contribution in [0.1, 0.15) is 52.6 Å². The highest BCUT2D eigenvalue weighted by Gasteiger charge is 2.69. The monoisotopic (exact) mass is 404 g/mol. The van der Waals surface area contributed by atoms with Crippen LogP contribution in [-0.2, 0) is 14.4 Å². The van der Waals surface area contributed by atoms with Gasteiger partial charge in [0, 0.05) is 17.6 Å². The third kappa shape index (κ3) is 3.25. The summed E-state index contributed by atoms with van der Waals surface area (Å²) in [5.74, 6) is -4.64. The highest BCUT2D eigenvalue weighted by atomic mass is 16.4. The van der Waals surface area contributed by atoms with Crippen molar-refractivity contribution < 1.29 is 29.7 Å². The number of phenolic OH excluding ortho intramolecular Hbond substituents is 2. The van der Waals surface area contributed by atoms with E-state index in [4.69, 9.17) is 0 Å². The molecule has 3 rings (SSSR count). The minimum absolute atomic E-state index is 0.0535. The molecular formula is C21H28N2O6. The summed E-state index contributed by atoms with van der Waals surface area (Å²) in [6, 6.07) is 3.06. The molecule has 0 saturated carbocycles. The van der Waals surface area contributed by atoms with Crippen molar-refractivity contribution in [1.29, 1.82) is 0 Å². The van der Waals surface area contributed by atoms with Gasteiger partial charge in [0.25, 0.3) is 0 Å². The van der Waals surface area contributed by atoms with Crippen molar-refractivity contribution in [3.8, 4) is 11.5 Å².